The number of quaternary nitrogens is 1. The number of hydrogen-bond acceptors (Lipinski definition) is 3. The predicted octanol–water partition coefficient (Wildman–Crippen LogP) is 5.47. The highest BCUT2D eigenvalue weighted by Gasteiger charge is 2.14. The molecule has 0 fully saturated rings. The van der Waals surface area contributed by atoms with Crippen LogP contribution in [0.25, 0.3) is 0 Å². The summed E-state index contributed by atoms with van der Waals surface area (Å²) >= 11 is 0. The Morgan fingerprint density at radius 2 is 1.50 bits per heavy atom. The van der Waals surface area contributed by atoms with E-state index in [0.717, 1.165) is 16.7 Å². The van der Waals surface area contributed by atoms with Crippen LogP contribution in [0.3, 0.4) is 0 Å². The maximum absolute atomic E-state index is 11.7. The van der Waals surface area contributed by atoms with Gasteiger partial charge in [-0.3, -0.25) is 5.32 Å². The molecule has 160 valence electrons. The zero-order chi connectivity index (χ0) is 20.5. The van der Waals surface area contributed by atoms with Gasteiger partial charge in [-0.15, -0.1) is 0 Å². The van der Waals surface area contributed by atoms with E-state index in [-0.39, 0.29) is 6.61 Å². The van der Waals surface area contributed by atoms with Crippen molar-refractivity contribution in [1.82, 2.24) is 0 Å². The lowest BCUT2D eigenvalue weighted by Crippen LogP contribution is -2.43. The molecule has 1 amide bonds. The lowest BCUT2D eigenvalue weighted by atomic mass is 10.1. The van der Waals surface area contributed by atoms with Gasteiger partial charge < -0.3 is 14.0 Å². The predicted molar refractivity (Wildman–Crippen MR) is 117 cm³/mol. The van der Waals surface area contributed by atoms with Gasteiger partial charge >= 0.3 is 6.09 Å². The topological polar surface area (TPSA) is 47.6 Å². The molecule has 0 atom stereocenters. The molecule has 0 spiro atoms. The summed E-state index contributed by atoms with van der Waals surface area (Å²) < 4.78 is 11.7. The van der Waals surface area contributed by atoms with E-state index in [0.29, 0.717) is 13.2 Å². The van der Waals surface area contributed by atoms with Crippen molar-refractivity contribution in [2.24, 2.45) is 0 Å². The first-order valence-electron chi connectivity index (χ1n) is 10.9. The number of nitrogens with one attached hydrogen (secondary N) is 1. The Morgan fingerprint density at radius 1 is 0.857 bits per heavy atom. The fraction of sp³-hybridized carbons (Fsp3) is 0.696. The maximum atomic E-state index is 11.7. The highest BCUT2D eigenvalue weighted by molar-refractivity contribution is 5.84. The van der Waals surface area contributed by atoms with Crippen molar-refractivity contribution in [3.8, 4) is 0 Å². The second-order valence-electron chi connectivity index (χ2n) is 8.10. The maximum Gasteiger partial charge on any atom is 0.411 e. The molecule has 28 heavy (non-hydrogen) atoms. The van der Waals surface area contributed by atoms with Crippen LogP contribution in [0.15, 0.2) is 30.3 Å². The zero-order valence-corrected chi connectivity index (χ0v) is 18.3. The molecule has 0 heterocycles. The molecule has 1 N–H and O–H groups in total. The fourth-order valence-electron chi connectivity index (χ4n) is 3.07. The molecule has 0 aromatic heterocycles. The third kappa shape index (κ3) is 13.6. The van der Waals surface area contributed by atoms with E-state index in [1.54, 1.807) is 0 Å². The van der Waals surface area contributed by atoms with Crippen molar-refractivity contribution in [1.29, 1.82) is 0 Å². The number of likely N-dealkylation sites (N-methyl/N-ethyl adjacent to an activating group) is 1. The van der Waals surface area contributed by atoms with Crippen LogP contribution in [0.2, 0.25) is 0 Å². The van der Waals surface area contributed by atoms with Gasteiger partial charge in [-0.1, -0.05) is 63.6 Å². The van der Waals surface area contributed by atoms with Crippen LogP contribution < -0.4 is 5.32 Å². The first-order chi connectivity index (χ1) is 13.5. The van der Waals surface area contributed by atoms with E-state index >= 15 is 0 Å². The van der Waals surface area contributed by atoms with Crippen molar-refractivity contribution in [2.75, 3.05) is 52.3 Å². The second-order valence-corrected chi connectivity index (χ2v) is 8.10. The molecule has 0 aliphatic heterocycles. The molecule has 1 aromatic rings. The third-order valence-corrected chi connectivity index (χ3v) is 4.94. The van der Waals surface area contributed by atoms with Gasteiger partial charge in [-0.25, -0.2) is 4.79 Å². The van der Waals surface area contributed by atoms with E-state index in [1.807, 2.05) is 30.3 Å². The molecule has 0 aliphatic carbocycles. The largest absolute Gasteiger partial charge is 0.447 e. The molecule has 0 saturated carbocycles. The van der Waals surface area contributed by atoms with Crippen LogP contribution in [0.4, 0.5) is 10.5 Å². The average molecular weight is 394 g/mol. The van der Waals surface area contributed by atoms with Crippen LogP contribution in [0, 0.1) is 0 Å². The van der Waals surface area contributed by atoms with Crippen LogP contribution in [0.5, 0.6) is 0 Å². The van der Waals surface area contributed by atoms with E-state index < -0.39 is 6.09 Å². The van der Waals surface area contributed by atoms with Crippen LogP contribution >= 0.6 is 0 Å². The quantitative estimate of drug-likeness (QED) is 0.299. The molecule has 1 rings (SSSR count). The van der Waals surface area contributed by atoms with Crippen LogP contribution in [0.1, 0.15) is 58.3 Å². The highest BCUT2D eigenvalue weighted by Crippen LogP contribution is 2.10. The van der Waals surface area contributed by atoms with Gasteiger partial charge in [0, 0.05) is 5.69 Å². The Morgan fingerprint density at radius 3 is 2.18 bits per heavy atom. The van der Waals surface area contributed by atoms with Gasteiger partial charge in [0.25, 0.3) is 0 Å². The smallest absolute Gasteiger partial charge is 0.411 e. The van der Waals surface area contributed by atoms with E-state index in [2.05, 4.69) is 26.3 Å². The molecule has 0 aliphatic rings. The summed E-state index contributed by atoms with van der Waals surface area (Å²) in [4.78, 5) is 11.7. The summed E-state index contributed by atoms with van der Waals surface area (Å²) in [5.41, 5.74) is 0.730. The summed E-state index contributed by atoms with van der Waals surface area (Å²) in [6, 6.07) is 9.28. The average Bonchev–Trinajstić information content (AvgIpc) is 2.67. The van der Waals surface area contributed by atoms with Crippen molar-refractivity contribution < 1.29 is 18.8 Å². The summed E-state index contributed by atoms with van der Waals surface area (Å²) in [5.74, 6) is 0. The van der Waals surface area contributed by atoms with Gasteiger partial charge in [-0.2, -0.15) is 0 Å². The number of ether oxygens (including phenoxy) is 2. The lowest BCUT2D eigenvalue weighted by molar-refractivity contribution is -0.891. The first-order valence-corrected chi connectivity index (χ1v) is 10.9. The SMILES string of the molecule is CCCCCCCCCC[N+](C)(C)CCOCCOC(=O)Nc1ccccc1. The Kier molecular flexibility index (Phi) is 13.4. The normalized spacial score (nSPS) is 11.4. The Bertz CT molecular complexity index is 506. The van der Waals surface area contributed by atoms with E-state index in [9.17, 15) is 4.79 Å². The van der Waals surface area contributed by atoms with Crippen molar-refractivity contribution >= 4 is 11.8 Å². The first kappa shape index (κ1) is 24.4. The Hall–Kier alpha value is -1.59. The fourth-order valence-corrected chi connectivity index (χ4v) is 3.07. The number of anilines is 1. The number of carbonyl (C=O) groups is 1. The zero-order valence-electron chi connectivity index (χ0n) is 18.3. The molecule has 1 aromatic carbocycles. The molecular weight excluding hydrogens is 352 g/mol. The monoisotopic (exact) mass is 393 g/mol. The number of para-hydroxylation sites is 1. The van der Waals surface area contributed by atoms with E-state index in [4.69, 9.17) is 9.47 Å². The van der Waals surface area contributed by atoms with Gasteiger partial charge in [0.05, 0.1) is 33.9 Å². The molecule has 5 heteroatoms. The van der Waals surface area contributed by atoms with Crippen molar-refractivity contribution in [3.05, 3.63) is 30.3 Å². The van der Waals surface area contributed by atoms with Gasteiger partial charge in [-0.05, 0) is 25.0 Å². The number of benzene rings is 1. The number of amides is 1. The van der Waals surface area contributed by atoms with Crippen molar-refractivity contribution in [3.63, 3.8) is 0 Å². The van der Waals surface area contributed by atoms with Gasteiger partial charge in [0.2, 0.25) is 0 Å². The molecule has 5 nitrogen and oxygen atoms in total. The van der Waals surface area contributed by atoms with Crippen molar-refractivity contribution in [2.45, 2.75) is 58.3 Å². The number of nitrogens with zero attached hydrogens (tertiary/aromatic N) is 1. The summed E-state index contributed by atoms with van der Waals surface area (Å²) in [6.45, 7) is 5.82. The molecule has 0 saturated heterocycles. The second kappa shape index (κ2) is 15.3. The number of hydrogen-bond donors (Lipinski definition) is 1. The standard InChI is InChI=1S/C23H40N2O3/c1-4-5-6-7-8-9-10-14-17-25(2,3)18-19-27-20-21-28-23(26)24-22-15-12-11-13-16-22/h11-13,15-16H,4-10,14,17-21H2,1-3H3/p+1. The summed E-state index contributed by atoms with van der Waals surface area (Å²) in [7, 11) is 4.52. The minimum atomic E-state index is -0.444. The minimum absolute atomic E-state index is 0.268. The Labute approximate surface area is 172 Å². The third-order valence-electron chi connectivity index (χ3n) is 4.94. The molecule has 0 radical (unpaired) electrons. The molecule has 0 bridgehead atoms. The summed E-state index contributed by atoms with van der Waals surface area (Å²) in [6.07, 6.45) is 10.4. The Balaban J connectivity index is 1.95. The van der Waals surface area contributed by atoms with Crippen LogP contribution in [-0.4, -0.2) is 57.6 Å². The molecule has 0 unspecified atom stereocenters. The number of carbonyl (C=O) groups excluding carboxylic acids is 1. The van der Waals surface area contributed by atoms with E-state index in [1.165, 1.54) is 57.9 Å². The van der Waals surface area contributed by atoms with Gasteiger partial charge in [0.1, 0.15) is 13.2 Å². The lowest BCUT2D eigenvalue weighted by Gasteiger charge is -2.29. The van der Waals surface area contributed by atoms with Crippen LogP contribution in [-0.2, 0) is 9.47 Å². The number of rotatable bonds is 16. The summed E-state index contributed by atoms with van der Waals surface area (Å²) in [5, 5.41) is 2.68. The highest BCUT2D eigenvalue weighted by atomic mass is 16.6. The van der Waals surface area contributed by atoms with Gasteiger partial charge in [0.15, 0.2) is 0 Å². The minimum Gasteiger partial charge on any atom is -0.447 e. The number of unbranched alkanes of at least 4 members (excludes halogenated alkanes) is 7. The molecular formula is C23H41N2O3+.